The molecule has 0 aliphatic carbocycles. The highest BCUT2D eigenvalue weighted by molar-refractivity contribution is 5.94. The van der Waals surface area contributed by atoms with Crippen LogP contribution in [0.4, 0.5) is 0 Å². The van der Waals surface area contributed by atoms with Gasteiger partial charge in [0, 0.05) is 6.20 Å². The van der Waals surface area contributed by atoms with Crippen molar-refractivity contribution in [1.29, 1.82) is 0 Å². The number of hydrogen-bond acceptors (Lipinski definition) is 3. The SMILES string of the molecule is Cc1cn2nccc(C(=O)O)c2n1. The van der Waals surface area contributed by atoms with Gasteiger partial charge in [0.25, 0.3) is 0 Å². The van der Waals surface area contributed by atoms with Crippen molar-refractivity contribution < 1.29 is 9.90 Å². The van der Waals surface area contributed by atoms with Crippen LogP contribution in [0.25, 0.3) is 5.65 Å². The van der Waals surface area contributed by atoms with Crippen LogP contribution < -0.4 is 0 Å². The molecular weight excluding hydrogens is 170 g/mol. The number of rotatable bonds is 1. The van der Waals surface area contributed by atoms with E-state index in [0.29, 0.717) is 5.65 Å². The van der Waals surface area contributed by atoms with E-state index in [0.717, 1.165) is 5.69 Å². The van der Waals surface area contributed by atoms with E-state index in [4.69, 9.17) is 5.11 Å². The first-order chi connectivity index (χ1) is 6.18. The van der Waals surface area contributed by atoms with Crippen LogP contribution in [0.1, 0.15) is 16.1 Å². The van der Waals surface area contributed by atoms with Gasteiger partial charge in [-0.15, -0.1) is 0 Å². The minimum absolute atomic E-state index is 0.170. The maximum absolute atomic E-state index is 10.7. The summed E-state index contributed by atoms with van der Waals surface area (Å²) in [5, 5.41) is 12.7. The number of fused-ring (bicyclic) bond motifs is 1. The minimum atomic E-state index is -0.988. The fraction of sp³-hybridized carbons (Fsp3) is 0.125. The molecule has 0 saturated heterocycles. The Morgan fingerprint density at radius 1 is 1.62 bits per heavy atom. The lowest BCUT2D eigenvalue weighted by Crippen LogP contribution is -2.01. The van der Waals surface area contributed by atoms with Crippen LogP contribution in [0.15, 0.2) is 18.5 Å². The highest BCUT2D eigenvalue weighted by Gasteiger charge is 2.10. The van der Waals surface area contributed by atoms with E-state index < -0.39 is 5.97 Å². The molecule has 66 valence electrons. The Morgan fingerprint density at radius 2 is 2.38 bits per heavy atom. The van der Waals surface area contributed by atoms with Gasteiger partial charge in [-0.3, -0.25) is 0 Å². The van der Waals surface area contributed by atoms with Crippen LogP contribution in [0.3, 0.4) is 0 Å². The van der Waals surface area contributed by atoms with Gasteiger partial charge in [0.2, 0.25) is 0 Å². The lowest BCUT2D eigenvalue weighted by molar-refractivity contribution is 0.0698. The average molecular weight is 177 g/mol. The highest BCUT2D eigenvalue weighted by Crippen LogP contribution is 2.08. The molecule has 0 aromatic carbocycles. The van der Waals surface area contributed by atoms with Crippen LogP contribution in [-0.2, 0) is 0 Å². The van der Waals surface area contributed by atoms with Crippen LogP contribution >= 0.6 is 0 Å². The molecular formula is C8H7N3O2. The summed E-state index contributed by atoms with van der Waals surface area (Å²) in [6.07, 6.45) is 3.12. The smallest absolute Gasteiger partial charge is 0.339 e. The van der Waals surface area contributed by atoms with Gasteiger partial charge < -0.3 is 5.11 Å². The average Bonchev–Trinajstić information content (AvgIpc) is 2.43. The molecule has 0 aliphatic heterocycles. The Kier molecular flexibility index (Phi) is 1.51. The summed E-state index contributed by atoms with van der Waals surface area (Å²) in [5.74, 6) is -0.988. The number of carboxylic acid groups (broad SMARTS) is 1. The second-order valence-electron chi connectivity index (χ2n) is 2.70. The number of nitrogens with zero attached hydrogens (tertiary/aromatic N) is 3. The normalized spacial score (nSPS) is 10.5. The Hall–Kier alpha value is -1.91. The third-order valence-electron chi connectivity index (χ3n) is 1.71. The van der Waals surface area contributed by atoms with Crippen molar-refractivity contribution >= 4 is 11.6 Å². The van der Waals surface area contributed by atoms with Crippen molar-refractivity contribution in [2.24, 2.45) is 0 Å². The zero-order chi connectivity index (χ0) is 9.42. The third kappa shape index (κ3) is 1.14. The molecule has 0 bridgehead atoms. The first-order valence-electron chi connectivity index (χ1n) is 3.73. The van der Waals surface area contributed by atoms with E-state index in [9.17, 15) is 4.79 Å². The van der Waals surface area contributed by atoms with Gasteiger partial charge in [0.05, 0.1) is 11.9 Å². The van der Waals surface area contributed by atoms with Gasteiger partial charge in [-0.1, -0.05) is 0 Å². The van der Waals surface area contributed by atoms with Gasteiger partial charge in [0.1, 0.15) is 5.56 Å². The number of hydrogen-bond donors (Lipinski definition) is 1. The molecule has 0 atom stereocenters. The molecule has 2 aromatic rings. The van der Waals surface area contributed by atoms with E-state index >= 15 is 0 Å². The molecule has 2 heterocycles. The predicted octanol–water partition coefficient (Wildman–Crippen LogP) is 0.736. The molecule has 0 fully saturated rings. The summed E-state index contributed by atoms with van der Waals surface area (Å²) in [6, 6.07) is 1.43. The summed E-state index contributed by atoms with van der Waals surface area (Å²) in [6.45, 7) is 1.79. The van der Waals surface area contributed by atoms with Gasteiger partial charge in [-0.05, 0) is 13.0 Å². The zero-order valence-electron chi connectivity index (χ0n) is 6.93. The quantitative estimate of drug-likeness (QED) is 0.697. The molecule has 0 spiro atoms. The van der Waals surface area contributed by atoms with E-state index in [-0.39, 0.29) is 5.56 Å². The molecule has 0 radical (unpaired) electrons. The Balaban J connectivity index is 2.82. The first-order valence-corrected chi connectivity index (χ1v) is 3.73. The van der Waals surface area contributed by atoms with Crippen LogP contribution in [0.5, 0.6) is 0 Å². The molecule has 5 heteroatoms. The molecule has 2 rings (SSSR count). The van der Waals surface area contributed by atoms with E-state index in [1.54, 1.807) is 13.1 Å². The van der Waals surface area contributed by atoms with Gasteiger partial charge in [-0.2, -0.15) is 5.10 Å². The summed E-state index contributed by atoms with van der Waals surface area (Å²) in [4.78, 5) is 14.8. The van der Waals surface area contributed by atoms with Crippen molar-refractivity contribution in [3.05, 3.63) is 29.7 Å². The van der Waals surface area contributed by atoms with Crippen molar-refractivity contribution in [2.45, 2.75) is 6.92 Å². The standard InChI is InChI=1S/C8H7N3O2/c1-5-4-11-7(10-5)6(8(12)13)2-3-9-11/h2-4H,1H3,(H,12,13). The molecule has 0 amide bonds. The summed E-state index contributed by atoms with van der Waals surface area (Å²) >= 11 is 0. The van der Waals surface area contributed by atoms with Gasteiger partial charge >= 0.3 is 5.97 Å². The number of aryl methyl sites for hydroxylation is 1. The maximum atomic E-state index is 10.7. The Morgan fingerprint density at radius 3 is 3.08 bits per heavy atom. The molecule has 5 nitrogen and oxygen atoms in total. The molecule has 1 N–H and O–H groups in total. The molecule has 0 aliphatic rings. The van der Waals surface area contributed by atoms with Gasteiger partial charge in [-0.25, -0.2) is 14.3 Å². The fourth-order valence-corrected chi connectivity index (χ4v) is 1.18. The Labute approximate surface area is 73.6 Å². The fourth-order valence-electron chi connectivity index (χ4n) is 1.18. The summed E-state index contributed by atoms with van der Waals surface area (Å²) in [7, 11) is 0. The van der Waals surface area contributed by atoms with Crippen molar-refractivity contribution in [3.8, 4) is 0 Å². The topological polar surface area (TPSA) is 67.5 Å². The van der Waals surface area contributed by atoms with E-state index in [2.05, 4.69) is 10.1 Å². The van der Waals surface area contributed by atoms with Crippen LogP contribution in [0.2, 0.25) is 0 Å². The number of aromatic carboxylic acids is 1. The molecule has 0 unspecified atom stereocenters. The lowest BCUT2D eigenvalue weighted by atomic mass is 10.3. The van der Waals surface area contributed by atoms with Crippen LogP contribution in [-0.4, -0.2) is 25.7 Å². The number of aromatic nitrogens is 3. The second kappa shape index (κ2) is 2.55. The monoisotopic (exact) mass is 177 g/mol. The predicted molar refractivity (Wildman–Crippen MR) is 44.7 cm³/mol. The van der Waals surface area contributed by atoms with E-state index in [1.807, 2.05) is 0 Å². The number of carbonyl (C=O) groups is 1. The number of imidazole rings is 1. The molecule has 13 heavy (non-hydrogen) atoms. The maximum Gasteiger partial charge on any atom is 0.339 e. The summed E-state index contributed by atoms with van der Waals surface area (Å²) < 4.78 is 1.46. The lowest BCUT2D eigenvalue weighted by Gasteiger charge is -1.95. The number of carboxylic acids is 1. The Bertz CT molecular complexity index is 475. The van der Waals surface area contributed by atoms with E-state index in [1.165, 1.54) is 16.8 Å². The highest BCUT2D eigenvalue weighted by atomic mass is 16.4. The van der Waals surface area contributed by atoms with Crippen LogP contribution in [0, 0.1) is 6.92 Å². The zero-order valence-corrected chi connectivity index (χ0v) is 6.93. The first kappa shape index (κ1) is 7.72. The largest absolute Gasteiger partial charge is 0.478 e. The molecule has 0 saturated carbocycles. The molecule has 2 aromatic heterocycles. The van der Waals surface area contributed by atoms with Crippen molar-refractivity contribution in [1.82, 2.24) is 14.6 Å². The van der Waals surface area contributed by atoms with Crippen molar-refractivity contribution in [3.63, 3.8) is 0 Å². The minimum Gasteiger partial charge on any atom is -0.478 e. The summed E-state index contributed by atoms with van der Waals surface area (Å²) in [5.41, 5.74) is 1.30. The second-order valence-corrected chi connectivity index (χ2v) is 2.70. The van der Waals surface area contributed by atoms with Gasteiger partial charge in [0.15, 0.2) is 5.65 Å². The third-order valence-corrected chi connectivity index (χ3v) is 1.71. The van der Waals surface area contributed by atoms with Crippen molar-refractivity contribution in [2.75, 3.05) is 0 Å².